The summed E-state index contributed by atoms with van der Waals surface area (Å²) in [7, 11) is 0. The van der Waals surface area contributed by atoms with Gasteiger partial charge in [0.15, 0.2) is 6.20 Å². The fourth-order valence-electron chi connectivity index (χ4n) is 4.47. The van der Waals surface area contributed by atoms with Crippen LogP contribution in [0.1, 0.15) is 57.4 Å². The molecule has 0 atom stereocenters. The molecule has 1 aliphatic heterocycles. The lowest BCUT2D eigenvalue weighted by molar-refractivity contribution is -0.671. The Hall–Kier alpha value is -2.30. The Bertz CT molecular complexity index is 1060. The predicted octanol–water partition coefficient (Wildman–Crippen LogP) is 6.75. The molecule has 0 spiro atoms. The van der Waals surface area contributed by atoms with Gasteiger partial charge in [-0.3, -0.25) is 0 Å². The maximum Gasteiger partial charge on any atom is 0.213 e. The standard InChI is InChI=1S/C28H36N3S/c1-2-3-4-5-6-11-19-30-21-17-23(24-13-7-8-14-25(24)30)22-28-31(20-12-18-29)26-15-9-10-16-27(26)32-28/h7-10,13-17,21-22H,2-6,11-12,18-20,29H2,1H3/q+1. The fourth-order valence-corrected chi connectivity index (χ4v) is 5.61. The summed E-state index contributed by atoms with van der Waals surface area (Å²) in [6.45, 7) is 5.03. The molecule has 168 valence electrons. The number of aromatic nitrogens is 1. The van der Waals surface area contributed by atoms with E-state index in [1.165, 1.54) is 70.6 Å². The maximum absolute atomic E-state index is 5.83. The van der Waals surface area contributed by atoms with Crippen LogP contribution >= 0.6 is 11.8 Å². The van der Waals surface area contributed by atoms with Gasteiger partial charge in [-0.2, -0.15) is 4.57 Å². The topological polar surface area (TPSA) is 33.1 Å². The van der Waals surface area contributed by atoms with Crippen LogP contribution in [-0.4, -0.2) is 13.1 Å². The summed E-state index contributed by atoms with van der Waals surface area (Å²) in [4.78, 5) is 3.76. The first-order valence-electron chi connectivity index (χ1n) is 12.2. The second kappa shape index (κ2) is 11.5. The van der Waals surface area contributed by atoms with Gasteiger partial charge in [-0.05, 0) is 49.2 Å². The smallest absolute Gasteiger partial charge is 0.213 e. The number of pyridine rings is 1. The molecule has 3 aromatic rings. The molecular weight excluding hydrogens is 410 g/mol. The zero-order chi connectivity index (χ0) is 22.2. The monoisotopic (exact) mass is 446 g/mol. The van der Waals surface area contributed by atoms with Gasteiger partial charge in [0.1, 0.15) is 6.54 Å². The summed E-state index contributed by atoms with van der Waals surface area (Å²) >= 11 is 1.86. The largest absolute Gasteiger partial charge is 0.335 e. The first kappa shape index (κ1) is 22.9. The minimum Gasteiger partial charge on any atom is -0.335 e. The SMILES string of the molecule is CCCCCCCC[n+]1ccc(/C=C2\Sc3ccccc3N2CCCN)c2ccccc21. The van der Waals surface area contributed by atoms with E-state index in [0.717, 1.165) is 19.5 Å². The first-order valence-corrected chi connectivity index (χ1v) is 13.0. The van der Waals surface area contributed by atoms with Gasteiger partial charge >= 0.3 is 0 Å². The highest BCUT2D eigenvalue weighted by atomic mass is 32.2. The van der Waals surface area contributed by atoms with E-state index < -0.39 is 0 Å². The van der Waals surface area contributed by atoms with E-state index in [2.05, 4.69) is 83.3 Å². The molecule has 0 fully saturated rings. The molecule has 0 saturated heterocycles. The van der Waals surface area contributed by atoms with Crippen LogP contribution in [0.3, 0.4) is 0 Å². The molecule has 4 heteroatoms. The van der Waals surface area contributed by atoms with Crippen molar-refractivity contribution in [3.63, 3.8) is 0 Å². The Morgan fingerprint density at radius 1 is 0.906 bits per heavy atom. The molecule has 0 bridgehead atoms. The highest BCUT2D eigenvalue weighted by Crippen LogP contribution is 2.46. The van der Waals surface area contributed by atoms with Crippen molar-refractivity contribution in [3.05, 3.63) is 71.4 Å². The minimum atomic E-state index is 0.712. The molecule has 0 saturated carbocycles. The zero-order valence-corrected chi connectivity index (χ0v) is 20.1. The van der Waals surface area contributed by atoms with E-state index in [-0.39, 0.29) is 0 Å². The molecule has 1 aromatic heterocycles. The third kappa shape index (κ3) is 5.36. The Labute approximate surface area is 197 Å². The molecule has 0 unspecified atom stereocenters. The highest BCUT2D eigenvalue weighted by molar-refractivity contribution is 8.03. The quantitative estimate of drug-likeness (QED) is 0.261. The van der Waals surface area contributed by atoms with Crippen molar-refractivity contribution in [2.45, 2.75) is 63.3 Å². The van der Waals surface area contributed by atoms with Crippen molar-refractivity contribution in [2.24, 2.45) is 5.73 Å². The van der Waals surface area contributed by atoms with Crippen LogP contribution in [0.15, 0.2) is 70.7 Å². The minimum absolute atomic E-state index is 0.712. The summed E-state index contributed by atoms with van der Waals surface area (Å²) in [6.07, 6.45) is 13.6. The molecule has 1 aliphatic rings. The van der Waals surface area contributed by atoms with E-state index in [0.29, 0.717) is 6.54 Å². The number of thioether (sulfide) groups is 1. The number of hydrogen-bond donors (Lipinski definition) is 1. The molecule has 3 nitrogen and oxygen atoms in total. The number of benzene rings is 2. The normalized spacial score (nSPS) is 14.4. The Kier molecular flexibility index (Phi) is 8.24. The number of fused-ring (bicyclic) bond motifs is 2. The van der Waals surface area contributed by atoms with E-state index in [9.17, 15) is 0 Å². The average molecular weight is 447 g/mol. The Morgan fingerprint density at radius 3 is 2.56 bits per heavy atom. The van der Waals surface area contributed by atoms with Crippen LogP contribution in [0.4, 0.5) is 5.69 Å². The van der Waals surface area contributed by atoms with Crippen molar-refractivity contribution in [2.75, 3.05) is 18.0 Å². The zero-order valence-electron chi connectivity index (χ0n) is 19.3. The van der Waals surface area contributed by atoms with Gasteiger partial charge in [-0.1, -0.05) is 68.6 Å². The van der Waals surface area contributed by atoms with Crippen LogP contribution in [-0.2, 0) is 6.54 Å². The maximum atomic E-state index is 5.83. The van der Waals surface area contributed by atoms with Crippen LogP contribution < -0.4 is 15.2 Å². The van der Waals surface area contributed by atoms with Gasteiger partial charge in [0.2, 0.25) is 5.52 Å². The average Bonchev–Trinajstić information content (AvgIpc) is 3.18. The van der Waals surface area contributed by atoms with Gasteiger partial charge < -0.3 is 10.6 Å². The molecule has 0 aliphatic carbocycles. The van der Waals surface area contributed by atoms with Gasteiger partial charge in [-0.15, -0.1) is 0 Å². The number of para-hydroxylation sites is 2. The van der Waals surface area contributed by atoms with Crippen LogP contribution in [0.2, 0.25) is 0 Å². The molecular formula is C28H36N3S+. The summed E-state index contributed by atoms with van der Waals surface area (Å²) < 4.78 is 2.43. The van der Waals surface area contributed by atoms with Gasteiger partial charge in [-0.25, -0.2) is 0 Å². The molecule has 2 N–H and O–H groups in total. The van der Waals surface area contributed by atoms with Crippen LogP contribution in [0.25, 0.3) is 17.0 Å². The first-order chi connectivity index (χ1) is 15.8. The third-order valence-corrected chi connectivity index (χ3v) is 7.33. The molecule has 4 rings (SSSR count). The van der Waals surface area contributed by atoms with Crippen LogP contribution in [0, 0.1) is 0 Å². The lowest BCUT2D eigenvalue weighted by Crippen LogP contribution is -2.34. The number of rotatable bonds is 11. The van der Waals surface area contributed by atoms with Gasteiger partial charge in [0.05, 0.1) is 16.1 Å². The van der Waals surface area contributed by atoms with Gasteiger partial charge in [0.25, 0.3) is 0 Å². The summed E-state index contributed by atoms with van der Waals surface area (Å²) in [6, 6.07) is 19.8. The second-order valence-corrected chi connectivity index (χ2v) is 9.66. The Morgan fingerprint density at radius 2 is 1.69 bits per heavy atom. The van der Waals surface area contributed by atoms with Crippen molar-refractivity contribution in [3.8, 4) is 0 Å². The van der Waals surface area contributed by atoms with Crippen molar-refractivity contribution >= 4 is 34.4 Å². The summed E-state index contributed by atoms with van der Waals surface area (Å²) in [5, 5.41) is 2.61. The van der Waals surface area contributed by atoms with E-state index in [1.54, 1.807) is 0 Å². The van der Waals surface area contributed by atoms with Crippen LogP contribution in [0.5, 0.6) is 0 Å². The molecule has 2 aromatic carbocycles. The number of aryl methyl sites for hydroxylation is 1. The van der Waals surface area contributed by atoms with Crippen molar-refractivity contribution < 1.29 is 4.57 Å². The molecule has 32 heavy (non-hydrogen) atoms. The molecule has 0 radical (unpaired) electrons. The number of nitrogens with zero attached hydrogens (tertiary/aromatic N) is 2. The molecule has 2 heterocycles. The van der Waals surface area contributed by atoms with E-state index >= 15 is 0 Å². The highest BCUT2D eigenvalue weighted by Gasteiger charge is 2.24. The number of unbranched alkanes of at least 4 members (excludes halogenated alkanes) is 5. The fraction of sp³-hybridized carbons (Fsp3) is 0.393. The van der Waals surface area contributed by atoms with Gasteiger partial charge in [0, 0.05) is 30.0 Å². The lowest BCUT2D eigenvalue weighted by atomic mass is 10.1. The summed E-state index contributed by atoms with van der Waals surface area (Å²) in [5.74, 6) is 0. The molecule has 0 amide bonds. The number of hydrogen-bond acceptors (Lipinski definition) is 3. The lowest BCUT2D eigenvalue weighted by Gasteiger charge is -2.20. The van der Waals surface area contributed by atoms with E-state index in [4.69, 9.17) is 5.73 Å². The van der Waals surface area contributed by atoms with E-state index in [1.807, 2.05) is 11.8 Å². The third-order valence-electron chi connectivity index (χ3n) is 6.21. The number of nitrogens with two attached hydrogens (primary N) is 1. The second-order valence-electron chi connectivity index (χ2n) is 8.60. The Balaban J connectivity index is 1.57. The number of anilines is 1. The summed E-state index contributed by atoms with van der Waals surface area (Å²) in [5.41, 5.74) is 9.74. The van der Waals surface area contributed by atoms with Crippen molar-refractivity contribution in [1.82, 2.24) is 0 Å². The van der Waals surface area contributed by atoms with Crippen molar-refractivity contribution in [1.29, 1.82) is 0 Å². The predicted molar refractivity (Wildman–Crippen MR) is 139 cm³/mol.